The molecule has 1 atom stereocenters. The average molecular weight is 268 g/mol. The molecular weight excluding hydrogens is 240 g/mol. The molecule has 2 rings (SSSR count). The molecule has 0 amide bonds. The Balaban J connectivity index is 1.89. The van der Waals surface area contributed by atoms with Gasteiger partial charge in [0.1, 0.15) is 0 Å². The zero-order valence-corrected chi connectivity index (χ0v) is 12.6. The van der Waals surface area contributed by atoms with Gasteiger partial charge in [-0.3, -0.25) is 4.79 Å². The third kappa shape index (κ3) is 4.46. The summed E-state index contributed by atoms with van der Waals surface area (Å²) in [7, 11) is 1.48. The smallest absolute Gasteiger partial charge is 0.312 e. The van der Waals surface area contributed by atoms with Crippen molar-refractivity contribution in [2.45, 2.75) is 45.6 Å². The van der Waals surface area contributed by atoms with Gasteiger partial charge in [-0.05, 0) is 52.0 Å². The third-order valence-corrected chi connectivity index (χ3v) is 4.21. The second kappa shape index (κ2) is 6.23. The molecule has 110 valence electrons. The number of methoxy groups -OCH3 is 1. The molecule has 0 bridgehead atoms. The van der Waals surface area contributed by atoms with Gasteiger partial charge in [-0.25, -0.2) is 0 Å². The minimum Gasteiger partial charge on any atom is -0.469 e. The van der Waals surface area contributed by atoms with Crippen LogP contribution in [0.5, 0.6) is 0 Å². The highest BCUT2D eigenvalue weighted by Gasteiger charge is 2.34. The van der Waals surface area contributed by atoms with Crippen LogP contribution in [0.4, 0.5) is 0 Å². The van der Waals surface area contributed by atoms with Crippen LogP contribution in [0.15, 0.2) is 0 Å². The van der Waals surface area contributed by atoms with Crippen LogP contribution in [-0.4, -0.2) is 50.2 Å². The van der Waals surface area contributed by atoms with Crippen LogP contribution in [0.1, 0.15) is 39.5 Å². The lowest BCUT2D eigenvalue weighted by Crippen LogP contribution is -2.45. The van der Waals surface area contributed by atoms with Crippen molar-refractivity contribution >= 4 is 5.97 Å². The predicted molar refractivity (Wildman–Crippen MR) is 76.0 cm³/mol. The molecule has 0 aromatic rings. The maximum absolute atomic E-state index is 11.8. The number of esters is 1. The van der Waals surface area contributed by atoms with E-state index in [9.17, 15) is 4.79 Å². The largest absolute Gasteiger partial charge is 0.469 e. The van der Waals surface area contributed by atoms with Gasteiger partial charge in [0.15, 0.2) is 0 Å². The summed E-state index contributed by atoms with van der Waals surface area (Å²) < 4.78 is 4.93. The molecule has 1 aliphatic carbocycles. The van der Waals surface area contributed by atoms with Crippen LogP contribution >= 0.6 is 0 Å². The lowest BCUT2D eigenvalue weighted by Gasteiger charge is -2.32. The number of carbonyl (C=O) groups is 1. The SMILES string of the molecule is COC(=O)C(C)(C)CN(CC1CC1)CC1CCCN1. The highest BCUT2D eigenvalue weighted by molar-refractivity contribution is 5.76. The van der Waals surface area contributed by atoms with Crippen molar-refractivity contribution in [2.24, 2.45) is 11.3 Å². The Morgan fingerprint density at radius 2 is 2.05 bits per heavy atom. The molecule has 2 fully saturated rings. The van der Waals surface area contributed by atoms with E-state index in [4.69, 9.17) is 4.74 Å². The molecular formula is C15H28N2O2. The molecule has 1 N–H and O–H groups in total. The molecule has 0 aromatic carbocycles. The van der Waals surface area contributed by atoms with Crippen molar-refractivity contribution in [1.82, 2.24) is 10.2 Å². The number of hydrogen-bond acceptors (Lipinski definition) is 4. The van der Waals surface area contributed by atoms with E-state index in [1.54, 1.807) is 0 Å². The first-order valence-corrected chi connectivity index (χ1v) is 7.55. The monoisotopic (exact) mass is 268 g/mol. The van der Waals surface area contributed by atoms with E-state index in [-0.39, 0.29) is 5.97 Å². The molecule has 2 aliphatic rings. The Morgan fingerprint density at radius 3 is 2.58 bits per heavy atom. The molecule has 0 spiro atoms. The van der Waals surface area contributed by atoms with Crippen LogP contribution in [-0.2, 0) is 9.53 Å². The summed E-state index contributed by atoms with van der Waals surface area (Å²) in [5, 5.41) is 3.55. The van der Waals surface area contributed by atoms with E-state index in [0.29, 0.717) is 6.04 Å². The lowest BCUT2D eigenvalue weighted by molar-refractivity contribution is -0.151. The van der Waals surface area contributed by atoms with Crippen molar-refractivity contribution in [1.29, 1.82) is 0 Å². The second-order valence-corrected chi connectivity index (χ2v) is 6.81. The summed E-state index contributed by atoms with van der Waals surface area (Å²) in [6.45, 7) is 8.12. The fraction of sp³-hybridized carbons (Fsp3) is 0.933. The Labute approximate surface area is 116 Å². The standard InChI is InChI=1S/C15H28N2O2/c1-15(2,14(18)19-3)11-17(9-12-6-7-12)10-13-5-4-8-16-13/h12-13,16H,4-11H2,1-3H3. The zero-order valence-electron chi connectivity index (χ0n) is 12.6. The minimum atomic E-state index is -0.414. The van der Waals surface area contributed by atoms with Crippen LogP contribution in [0.25, 0.3) is 0 Å². The molecule has 1 saturated heterocycles. The van der Waals surface area contributed by atoms with E-state index in [1.165, 1.54) is 32.8 Å². The van der Waals surface area contributed by atoms with Gasteiger partial charge in [0, 0.05) is 25.7 Å². The Kier molecular flexibility index (Phi) is 4.85. The number of nitrogens with one attached hydrogen (secondary N) is 1. The summed E-state index contributed by atoms with van der Waals surface area (Å²) in [5.74, 6) is 0.752. The van der Waals surface area contributed by atoms with Gasteiger partial charge in [-0.2, -0.15) is 0 Å². The number of carbonyl (C=O) groups excluding carboxylic acids is 1. The summed E-state index contributed by atoms with van der Waals surface area (Å²) >= 11 is 0. The zero-order chi connectivity index (χ0) is 13.9. The maximum Gasteiger partial charge on any atom is 0.312 e. The van der Waals surface area contributed by atoms with Crippen molar-refractivity contribution < 1.29 is 9.53 Å². The van der Waals surface area contributed by atoms with Crippen LogP contribution < -0.4 is 5.32 Å². The Hall–Kier alpha value is -0.610. The van der Waals surface area contributed by atoms with E-state index in [1.807, 2.05) is 13.8 Å². The second-order valence-electron chi connectivity index (χ2n) is 6.81. The lowest BCUT2D eigenvalue weighted by atomic mass is 9.92. The summed E-state index contributed by atoms with van der Waals surface area (Å²) in [4.78, 5) is 14.3. The first-order valence-electron chi connectivity index (χ1n) is 7.55. The molecule has 4 nitrogen and oxygen atoms in total. The van der Waals surface area contributed by atoms with Gasteiger partial charge in [-0.1, -0.05) is 0 Å². The van der Waals surface area contributed by atoms with Gasteiger partial charge in [-0.15, -0.1) is 0 Å². The van der Waals surface area contributed by atoms with Crippen molar-refractivity contribution in [3.05, 3.63) is 0 Å². The summed E-state index contributed by atoms with van der Waals surface area (Å²) in [6, 6.07) is 0.604. The predicted octanol–water partition coefficient (Wildman–Crippen LogP) is 1.65. The molecule has 19 heavy (non-hydrogen) atoms. The van der Waals surface area contributed by atoms with Gasteiger partial charge in [0.25, 0.3) is 0 Å². The molecule has 1 heterocycles. The van der Waals surface area contributed by atoms with Gasteiger partial charge in [0.2, 0.25) is 0 Å². The fourth-order valence-corrected chi connectivity index (χ4v) is 2.99. The van der Waals surface area contributed by atoms with Crippen molar-refractivity contribution in [3.63, 3.8) is 0 Å². The quantitative estimate of drug-likeness (QED) is 0.713. The van der Waals surface area contributed by atoms with Crippen LogP contribution in [0.3, 0.4) is 0 Å². The fourth-order valence-electron chi connectivity index (χ4n) is 2.99. The molecule has 1 aliphatic heterocycles. The number of hydrogen-bond donors (Lipinski definition) is 1. The molecule has 1 unspecified atom stereocenters. The van der Waals surface area contributed by atoms with Gasteiger partial charge < -0.3 is 15.0 Å². The topological polar surface area (TPSA) is 41.6 Å². The highest BCUT2D eigenvalue weighted by atomic mass is 16.5. The Morgan fingerprint density at radius 1 is 1.32 bits per heavy atom. The number of nitrogens with zero attached hydrogens (tertiary/aromatic N) is 1. The molecule has 0 radical (unpaired) electrons. The first kappa shape index (κ1) is 14.8. The van der Waals surface area contributed by atoms with E-state index >= 15 is 0 Å². The van der Waals surface area contributed by atoms with E-state index in [2.05, 4.69) is 10.2 Å². The van der Waals surface area contributed by atoms with Crippen molar-refractivity contribution in [3.8, 4) is 0 Å². The van der Waals surface area contributed by atoms with E-state index in [0.717, 1.165) is 32.1 Å². The highest BCUT2D eigenvalue weighted by Crippen LogP contribution is 2.31. The summed E-state index contributed by atoms with van der Waals surface area (Å²) in [6.07, 6.45) is 5.25. The minimum absolute atomic E-state index is 0.104. The molecule has 0 aromatic heterocycles. The number of ether oxygens (including phenoxy) is 1. The first-order chi connectivity index (χ1) is 9.01. The maximum atomic E-state index is 11.8. The summed E-state index contributed by atoms with van der Waals surface area (Å²) in [5.41, 5.74) is -0.414. The molecule has 4 heteroatoms. The normalized spacial score (nSPS) is 23.9. The van der Waals surface area contributed by atoms with Crippen LogP contribution in [0, 0.1) is 11.3 Å². The van der Waals surface area contributed by atoms with Gasteiger partial charge >= 0.3 is 5.97 Å². The molecule has 1 saturated carbocycles. The van der Waals surface area contributed by atoms with E-state index < -0.39 is 5.41 Å². The van der Waals surface area contributed by atoms with Crippen molar-refractivity contribution in [2.75, 3.05) is 33.3 Å². The third-order valence-electron chi connectivity index (χ3n) is 4.21. The van der Waals surface area contributed by atoms with Gasteiger partial charge in [0.05, 0.1) is 12.5 Å². The van der Waals surface area contributed by atoms with Crippen LogP contribution in [0.2, 0.25) is 0 Å². The Bertz CT molecular complexity index is 307. The average Bonchev–Trinajstić information content (AvgIpc) is 3.01. The number of rotatable bonds is 7.